The molecule has 2 rings (SSSR count). The molecule has 0 radical (unpaired) electrons. The van der Waals surface area contributed by atoms with E-state index < -0.39 is 0 Å². The van der Waals surface area contributed by atoms with Crippen LogP contribution in [-0.2, 0) is 6.54 Å². The van der Waals surface area contributed by atoms with Gasteiger partial charge in [0.1, 0.15) is 0 Å². The fraction of sp³-hybridized carbons (Fsp3) is 0.857. The molecule has 1 fully saturated rings. The summed E-state index contributed by atoms with van der Waals surface area (Å²) in [5.41, 5.74) is 0. The number of hydrogen-bond acceptors (Lipinski definition) is 6. The molecule has 0 bridgehead atoms. The smallest absolute Gasteiger partial charge is 0.240 e. The Kier molecular flexibility index (Phi) is 5.51. The van der Waals surface area contributed by atoms with Gasteiger partial charge in [-0.05, 0) is 47.0 Å². The molecule has 1 aliphatic heterocycles. The third kappa shape index (κ3) is 4.01. The topological polar surface area (TPSA) is 57.4 Å². The standard InChI is InChI=1S/C14H27N5O/c1-5-11(2)15-9-13-16-14(17-20-13)12-10-18(3)7-6-8-19(12)4/h11-12,15H,5-10H2,1-4H3. The zero-order chi connectivity index (χ0) is 14.5. The second-order valence-electron chi connectivity index (χ2n) is 5.85. The van der Waals surface area contributed by atoms with Crippen molar-refractivity contribution in [2.45, 2.75) is 45.3 Å². The molecule has 2 heterocycles. The van der Waals surface area contributed by atoms with Gasteiger partial charge in [-0.3, -0.25) is 4.90 Å². The van der Waals surface area contributed by atoms with Gasteiger partial charge < -0.3 is 14.7 Å². The summed E-state index contributed by atoms with van der Waals surface area (Å²) in [6.07, 6.45) is 2.28. The lowest BCUT2D eigenvalue weighted by Gasteiger charge is -2.24. The molecule has 1 saturated heterocycles. The van der Waals surface area contributed by atoms with Crippen LogP contribution < -0.4 is 5.32 Å². The van der Waals surface area contributed by atoms with E-state index in [1.807, 2.05) is 0 Å². The number of nitrogens with zero attached hydrogens (tertiary/aromatic N) is 4. The molecule has 1 aromatic rings. The summed E-state index contributed by atoms with van der Waals surface area (Å²) in [5, 5.41) is 7.55. The van der Waals surface area contributed by atoms with Crippen molar-refractivity contribution in [2.75, 3.05) is 33.7 Å². The molecule has 2 atom stereocenters. The highest BCUT2D eigenvalue weighted by atomic mass is 16.5. The first-order chi connectivity index (χ1) is 9.60. The minimum Gasteiger partial charge on any atom is -0.338 e. The second-order valence-corrected chi connectivity index (χ2v) is 5.85. The number of aromatic nitrogens is 2. The van der Waals surface area contributed by atoms with E-state index in [-0.39, 0.29) is 6.04 Å². The van der Waals surface area contributed by atoms with Gasteiger partial charge in [0.2, 0.25) is 5.89 Å². The largest absolute Gasteiger partial charge is 0.338 e. The second kappa shape index (κ2) is 7.15. The van der Waals surface area contributed by atoms with Crippen LogP contribution >= 0.6 is 0 Å². The van der Waals surface area contributed by atoms with Gasteiger partial charge in [0, 0.05) is 12.6 Å². The van der Waals surface area contributed by atoms with Crippen LogP contribution in [-0.4, -0.2) is 59.7 Å². The lowest BCUT2D eigenvalue weighted by Crippen LogP contribution is -2.31. The van der Waals surface area contributed by atoms with E-state index in [1.54, 1.807) is 0 Å². The monoisotopic (exact) mass is 281 g/mol. The van der Waals surface area contributed by atoms with Gasteiger partial charge in [-0.15, -0.1) is 0 Å². The molecule has 1 aromatic heterocycles. The highest BCUT2D eigenvalue weighted by Crippen LogP contribution is 2.20. The van der Waals surface area contributed by atoms with Crippen molar-refractivity contribution in [1.82, 2.24) is 25.3 Å². The molecule has 114 valence electrons. The Morgan fingerprint density at radius 3 is 2.95 bits per heavy atom. The highest BCUT2D eigenvalue weighted by molar-refractivity contribution is 4.97. The van der Waals surface area contributed by atoms with Crippen LogP contribution in [0.5, 0.6) is 0 Å². The first kappa shape index (κ1) is 15.4. The zero-order valence-corrected chi connectivity index (χ0v) is 13.1. The van der Waals surface area contributed by atoms with Crippen LogP contribution in [0.4, 0.5) is 0 Å². The van der Waals surface area contributed by atoms with Crippen molar-refractivity contribution in [3.63, 3.8) is 0 Å². The van der Waals surface area contributed by atoms with E-state index in [9.17, 15) is 0 Å². The molecule has 2 unspecified atom stereocenters. The fourth-order valence-electron chi connectivity index (χ4n) is 2.43. The van der Waals surface area contributed by atoms with Crippen LogP contribution in [0.2, 0.25) is 0 Å². The van der Waals surface area contributed by atoms with E-state index >= 15 is 0 Å². The summed E-state index contributed by atoms with van der Waals surface area (Å²) in [6, 6.07) is 0.695. The predicted octanol–water partition coefficient (Wildman–Crippen LogP) is 1.27. The molecular formula is C14H27N5O. The summed E-state index contributed by atoms with van der Waals surface area (Å²) in [6.45, 7) is 8.12. The van der Waals surface area contributed by atoms with Crippen molar-refractivity contribution in [1.29, 1.82) is 0 Å². The Hall–Kier alpha value is -0.980. The van der Waals surface area contributed by atoms with Gasteiger partial charge in [0.05, 0.1) is 12.6 Å². The third-order valence-corrected chi connectivity index (χ3v) is 4.06. The number of hydrogen-bond donors (Lipinski definition) is 1. The maximum absolute atomic E-state index is 5.37. The van der Waals surface area contributed by atoms with Crippen molar-refractivity contribution in [3.8, 4) is 0 Å². The maximum Gasteiger partial charge on any atom is 0.240 e. The van der Waals surface area contributed by atoms with Gasteiger partial charge in [-0.1, -0.05) is 12.1 Å². The summed E-state index contributed by atoms with van der Waals surface area (Å²) >= 11 is 0. The van der Waals surface area contributed by atoms with Crippen LogP contribution in [0.25, 0.3) is 0 Å². The minimum absolute atomic E-state index is 0.226. The predicted molar refractivity (Wildman–Crippen MR) is 78.4 cm³/mol. The van der Waals surface area contributed by atoms with Gasteiger partial charge in [-0.25, -0.2) is 0 Å². The van der Waals surface area contributed by atoms with Crippen molar-refractivity contribution in [3.05, 3.63) is 11.7 Å². The van der Waals surface area contributed by atoms with Gasteiger partial charge >= 0.3 is 0 Å². The maximum atomic E-state index is 5.37. The first-order valence-corrected chi connectivity index (χ1v) is 7.54. The van der Waals surface area contributed by atoms with Crippen molar-refractivity contribution < 1.29 is 4.52 Å². The lowest BCUT2D eigenvalue weighted by molar-refractivity contribution is 0.214. The normalized spacial score (nSPS) is 23.7. The molecule has 0 amide bonds. The molecule has 6 nitrogen and oxygen atoms in total. The summed E-state index contributed by atoms with van der Waals surface area (Å²) in [7, 11) is 4.29. The van der Waals surface area contributed by atoms with E-state index in [4.69, 9.17) is 4.52 Å². The van der Waals surface area contributed by atoms with Gasteiger partial charge in [0.15, 0.2) is 5.82 Å². The highest BCUT2D eigenvalue weighted by Gasteiger charge is 2.26. The van der Waals surface area contributed by atoms with Crippen LogP contribution in [0.15, 0.2) is 4.52 Å². The number of nitrogens with one attached hydrogen (secondary N) is 1. The Balaban J connectivity index is 1.99. The van der Waals surface area contributed by atoms with Crippen LogP contribution in [0, 0.1) is 0 Å². The Morgan fingerprint density at radius 1 is 1.40 bits per heavy atom. The van der Waals surface area contributed by atoms with E-state index in [1.165, 1.54) is 6.42 Å². The average molecular weight is 281 g/mol. The summed E-state index contributed by atoms with van der Waals surface area (Å²) in [5.74, 6) is 1.49. The molecule has 0 aliphatic carbocycles. The van der Waals surface area contributed by atoms with Gasteiger partial charge in [-0.2, -0.15) is 4.98 Å². The average Bonchev–Trinajstić information content (AvgIpc) is 2.83. The minimum atomic E-state index is 0.226. The molecule has 0 spiro atoms. The molecule has 1 aliphatic rings. The van der Waals surface area contributed by atoms with E-state index in [2.05, 4.69) is 53.2 Å². The third-order valence-electron chi connectivity index (χ3n) is 4.06. The van der Waals surface area contributed by atoms with Gasteiger partial charge in [0.25, 0.3) is 0 Å². The van der Waals surface area contributed by atoms with E-state index in [0.717, 1.165) is 31.9 Å². The quantitative estimate of drug-likeness (QED) is 0.877. The molecule has 6 heteroatoms. The Morgan fingerprint density at radius 2 is 2.20 bits per heavy atom. The number of rotatable bonds is 5. The van der Waals surface area contributed by atoms with E-state index in [0.29, 0.717) is 18.5 Å². The van der Waals surface area contributed by atoms with Crippen molar-refractivity contribution in [2.24, 2.45) is 0 Å². The van der Waals surface area contributed by atoms with Crippen molar-refractivity contribution >= 4 is 0 Å². The Bertz CT molecular complexity index is 408. The molecule has 20 heavy (non-hydrogen) atoms. The molecule has 0 saturated carbocycles. The SMILES string of the molecule is CCC(C)NCc1nc(C2CN(C)CCCN2C)no1. The molecule has 0 aromatic carbocycles. The lowest BCUT2D eigenvalue weighted by atomic mass is 10.2. The van der Waals surface area contributed by atoms with Crippen LogP contribution in [0.3, 0.4) is 0 Å². The molecular weight excluding hydrogens is 254 g/mol. The first-order valence-electron chi connectivity index (χ1n) is 7.54. The Labute approximate surface area is 121 Å². The molecule has 1 N–H and O–H groups in total. The van der Waals surface area contributed by atoms with Crippen LogP contribution in [0.1, 0.15) is 44.4 Å². The zero-order valence-electron chi connectivity index (χ0n) is 13.1. The fourth-order valence-corrected chi connectivity index (χ4v) is 2.43. The summed E-state index contributed by atoms with van der Waals surface area (Å²) < 4.78 is 5.37. The number of likely N-dealkylation sites (N-methyl/N-ethyl adjacent to an activating group) is 2. The summed E-state index contributed by atoms with van der Waals surface area (Å²) in [4.78, 5) is 9.21.